The fourth-order valence-corrected chi connectivity index (χ4v) is 10.6. The number of rotatable bonds is 3. The molecular formula is C13H27OTi. The van der Waals surface area contributed by atoms with Gasteiger partial charge in [-0.3, -0.25) is 0 Å². The second-order valence-corrected chi connectivity index (χ2v) is 34.3. The van der Waals surface area contributed by atoms with Crippen molar-refractivity contribution in [1.29, 1.82) is 0 Å². The summed E-state index contributed by atoms with van der Waals surface area (Å²) >= 11 is -3.88. The van der Waals surface area contributed by atoms with E-state index in [4.69, 9.17) is 3.32 Å². The third-order valence-electron chi connectivity index (χ3n) is 3.39. The van der Waals surface area contributed by atoms with E-state index in [1.165, 1.54) is 3.88 Å². The number of hydrogen-bond acceptors (Lipinski definition) is 1. The molecule has 0 saturated heterocycles. The minimum atomic E-state index is -3.88. The van der Waals surface area contributed by atoms with Crippen molar-refractivity contribution in [3.05, 3.63) is 22.1 Å². The van der Waals surface area contributed by atoms with E-state index in [1.54, 1.807) is 0 Å². The van der Waals surface area contributed by atoms with Crippen LogP contribution in [0.15, 0.2) is 22.1 Å². The Labute approximate surface area is 91.0 Å². The van der Waals surface area contributed by atoms with Crippen LogP contribution in [-0.2, 0) is 16.4 Å². The maximum atomic E-state index is 6.55. The van der Waals surface area contributed by atoms with Gasteiger partial charge in [0.05, 0.1) is 0 Å². The molecule has 0 radical (unpaired) electrons. The number of hydrogen-bond donors (Lipinski definition) is 0. The van der Waals surface area contributed by atoms with Gasteiger partial charge >= 0.3 is 91.1 Å². The van der Waals surface area contributed by atoms with E-state index in [0.29, 0.717) is 0 Å². The van der Waals surface area contributed by atoms with E-state index in [9.17, 15) is 0 Å². The molecular weight excluding hydrogens is 220 g/mol. The Hall–Kier alpha value is 0.154. The van der Waals surface area contributed by atoms with Crippen LogP contribution < -0.4 is 0 Å². The molecule has 89 valence electrons. The normalized spacial score (nSPS) is 24.3. The van der Waals surface area contributed by atoms with Crippen LogP contribution in [0.5, 0.6) is 0 Å². The van der Waals surface area contributed by atoms with Gasteiger partial charge in [0.1, 0.15) is 0 Å². The fourth-order valence-electron chi connectivity index (χ4n) is 2.82. The fraction of sp³-hybridized carbons (Fsp3) is 0.692. The van der Waals surface area contributed by atoms with Gasteiger partial charge in [-0.1, -0.05) is 0 Å². The molecule has 0 atom stereocenters. The van der Waals surface area contributed by atoms with Crippen molar-refractivity contribution in [2.24, 2.45) is 0 Å². The van der Waals surface area contributed by atoms with E-state index in [0.717, 1.165) is 6.42 Å². The van der Waals surface area contributed by atoms with Crippen LogP contribution in [0.2, 0.25) is 26.1 Å². The van der Waals surface area contributed by atoms with Crippen molar-refractivity contribution in [1.82, 2.24) is 0 Å². The van der Waals surface area contributed by atoms with Crippen molar-refractivity contribution in [3.63, 3.8) is 0 Å². The summed E-state index contributed by atoms with van der Waals surface area (Å²) in [6, 6.07) is 0. The SMILES string of the molecule is CC(C)[O][Ti]([CH3])([CH3])([CH3])([CH3])([CH3])[C]1=CC=CC1. The Kier molecular flexibility index (Phi) is 2.09. The van der Waals surface area contributed by atoms with Crippen molar-refractivity contribution in [2.75, 3.05) is 0 Å². The van der Waals surface area contributed by atoms with Crippen LogP contribution in [0.3, 0.4) is 0 Å². The Balaban J connectivity index is 3.35. The van der Waals surface area contributed by atoms with Crippen molar-refractivity contribution < 1.29 is 16.4 Å². The minimum absolute atomic E-state index is 0.275. The van der Waals surface area contributed by atoms with Gasteiger partial charge < -0.3 is 0 Å². The first kappa shape index (κ1) is 13.2. The second kappa shape index (κ2) is 2.37. The van der Waals surface area contributed by atoms with Gasteiger partial charge in [-0.25, -0.2) is 0 Å². The van der Waals surface area contributed by atoms with Gasteiger partial charge in [0, 0.05) is 0 Å². The van der Waals surface area contributed by atoms with Crippen LogP contribution in [-0.4, -0.2) is 6.10 Å². The Bertz CT molecular complexity index is 354. The molecule has 0 aromatic carbocycles. The third kappa shape index (κ3) is 2.84. The molecule has 0 saturated carbocycles. The zero-order valence-corrected chi connectivity index (χ0v) is 13.0. The summed E-state index contributed by atoms with van der Waals surface area (Å²) in [4.78, 5) is 0. The van der Waals surface area contributed by atoms with Crippen molar-refractivity contribution in [2.45, 2.75) is 52.5 Å². The molecule has 0 bridgehead atoms. The molecule has 1 nitrogen and oxygen atoms in total. The van der Waals surface area contributed by atoms with Crippen LogP contribution in [0.4, 0.5) is 0 Å². The quantitative estimate of drug-likeness (QED) is 0.625. The molecule has 0 aromatic rings. The van der Waals surface area contributed by atoms with Crippen molar-refractivity contribution in [3.8, 4) is 0 Å². The molecule has 2 heteroatoms. The van der Waals surface area contributed by atoms with Gasteiger partial charge in [0.2, 0.25) is 0 Å². The molecule has 1 aliphatic rings. The van der Waals surface area contributed by atoms with E-state index in [-0.39, 0.29) is 6.10 Å². The average Bonchev–Trinajstić information content (AvgIpc) is 2.26. The zero-order valence-electron chi connectivity index (χ0n) is 11.4. The maximum absolute atomic E-state index is 6.55. The Morgan fingerprint density at radius 3 is 2.00 bits per heavy atom. The topological polar surface area (TPSA) is 9.23 Å². The summed E-state index contributed by atoms with van der Waals surface area (Å²) in [7, 11) is 0. The summed E-state index contributed by atoms with van der Waals surface area (Å²) in [5.74, 6) is 0. The summed E-state index contributed by atoms with van der Waals surface area (Å²) in [5.41, 5.74) is 0. The number of allylic oxidation sites excluding steroid dienone is 4. The van der Waals surface area contributed by atoms with E-state index in [2.05, 4.69) is 58.2 Å². The Morgan fingerprint density at radius 2 is 1.67 bits per heavy atom. The van der Waals surface area contributed by atoms with Crippen LogP contribution in [0, 0.1) is 0 Å². The molecule has 0 aliphatic heterocycles. The zero-order chi connectivity index (χ0) is 12.1. The molecule has 1 aliphatic carbocycles. The predicted octanol–water partition coefficient (Wildman–Crippen LogP) is 5.17. The predicted molar refractivity (Wildman–Crippen MR) is 67.4 cm³/mol. The summed E-state index contributed by atoms with van der Waals surface area (Å²) < 4.78 is 8.06. The van der Waals surface area contributed by atoms with Crippen LogP contribution in [0.1, 0.15) is 20.3 Å². The Morgan fingerprint density at radius 1 is 1.13 bits per heavy atom. The molecule has 0 fully saturated rings. The molecule has 0 aromatic heterocycles. The monoisotopic (exact) mass is 247 g/mol. The third-order valence-corrected chi connectivity index (χ3v) is 12.2. The van der Waals surface area contributed by atoms with E-state index < -0.39 is 13.1 Å². The van der Waals surface area contributed by atoms with Crippen molar-refractivity contribution >= 4 is 0 Å². The standard InChI is InChI=1S/C5H5.C3H7O.5CH3.Ti/c1-2-4-5-3-1;1-3(2)4;;;;;;/h1-3H,4H2;3H,1-2H3;5*1H3;/q;-1;;;;;;+1. The first-order valence-electron chi connectivity index (χ1n) is 6.06. The second-order valence-electron chi connectivity index (χ2n) is 9.86. The molecule has 0 amide bonds. The molecule has 1 rings (SSSR count). The van der Waals surface area contributed by atoms with Gasteiger partial charge in [-0.2, -0.15) is 0 Å². The summed E-state index contributed by atoms with van der Waals surface area (Å²) in [5, 5.41) is 11.9. The molecule has 0 N–H and O–H groups in total. The first-order valence-corrected chi connectivity index (χ1v) is 15.3. The summed E-state index contributed by atoms with van der Waals surface area (Å²) in [6.45, 7) is 4.27. The van der Waals surface area contributed by atoms with Gasteiger partial charge in [-0.05, 0) is 0 Å². The van der Waals surface area contributed by atoms with Crippen LogP contribution in [0.25, 0.3) is 0 Å². The molecule has 0 heterocycles. The molecule has 15 heavy (non-hydrogen) atoms. The first-order chi connectivity index (χ1) is 6.25. The van der Waals surface area contributed by atoms with Gasteiger partial charge in [0.15, 0.2) is 0 Å². The average molecular weight is 247 g/mol. The molecule has 0 spiro atoms. The van der Waals surface area contributed by atoms with E-state index in [1.807, 2.05) is 0 Å². The van der Waals surface area contributed by atoms with E-state index >= 15 is 0 Å². The van der Waals surface area contributed by atoms with Crippen LogP contribution >= 0.6 is 0 Å². The molecule has 0 unspecified atom stereocenters. The van der Waals surface area contributed by atoms with Gasteiger partial charge in [-0.15, -0.1) is 0 Å². The van der Waals surface area contributed by atoms with Gasteiger partial charge in [0.25, 0.3) is 0 Å². The summed E-state index contributed by atoms with van der Waals surface area (Å²) in [6.07, 6.45) is 7.98.